The first kappa shape index (κ1) is 104. The Hall–Kier alpha value is 4.28. The molecule has 78 heavy (non-hydrogen) atoms. The fourth-order valence-corrected chi connectivity index (χ4v) is 14.0. The number of quaternary nitrogens is 4. The number of fused-ring (bicyclic) bond motifs is 4. The van der Waals surface area contributed by atoms with Crippen LogP contribution in [0.3, 0.4) is 0 Å². The molecule has 4 aromatic rings. The number of hydrogen-bond donors (Lipinski definition) is 0. The largest absolute Gasteiger partial charge is 3.00 e. The van der Waals surface area contributed by atoms with E-state index in [4.69, 9.17) is 138 Å². The monoisotopic (exact) mass is 1590 g/mol. The normalized spacial score (nSPS) is 19.5. The fourth-order valence-electron chi connectivity index (χ4n) is 10.1. The summed E-state index contributed by atoms with van der Waals surface area (Å²) in [5, 5.41) is -9.28. The second kappa shape index (κ2) is 38.7. The van der Waals surface area contributed by atoms with Crippen LogP contribution >= 0.6 is 138 Å². The molecule has 0 atom stereocenters. The van der Waals surface area contributed by atoms with Gasteiger partial charge in [0.05, 0.1) is 97.5 Å². The van der Waals surface area contributed by atoms with Gasteiger partial charge in [-0.25, -0.2) is 41.8 Å². The third-order valence-electron chi connectivity index (χ3n) is 13.0. The zero-order chi connectivity index (χ0) is 47.0. The molecule has 8 heterocycles. The minimum Gasteiger partial charge on any atom is -1.00 e. The van der Waals surface area contributed by atoms with Crippen molar-refractivity contribution in [3.05, 3.63) is 144 Å². The van der Waals surface area contributed by atoms with E-state index in [0.717, 1.165) is 45.7 Å². The smallest absolute Gasteiger partial charge is 1.00 e. The van der Waals surface area contributed by atoms with E-state index in [1.54, 1.807) is 0 Å². The molecular formula is C38H48Al3B5Cl24N8. The number of alkyl halides is 4. The number of rotatable bonds is 4. The van der Waals surface area contributed by atoms with Gasteiger partial charge in [0.15, 0.2) is 0 Å². The summed E-state index contributed by atoms with van der Waals surface area (Å²) in [5.74, 6) is 12.3. The summed E-state index contributed by atoms with van der Waals surface area (Å²) in [6.45, 7) is 0. The van der Waals surface area contributed by atoms with Crippen LogP contribution in [0.5, 0.6) is 0 Å². The molecule has 0 fully saturated rings. The number of hydrogen-bond acceptors (Lipinski definition) is 0. The van der Waals surface area contributed by atoms with Crippen LogP contribution in [-0.4, -0.2) is 146 Å². The van der Waals surface area contributed by atoms with E-state index < -0.39 is 26.6 Å². The predicted octanol–water partition coefficient (Wildman–Crippen LogP) is -27.6. The Balaban J connectivity index is -0.000000264. The molecule has 8 rings (SSSR count). The van der Waals surface area contributed by atoms with Crippen molar-refractivity contribution in [3.8, 4) is 0 Å². The molecule has 0 N–H and O–H groups in total. The van der Waals surface area contributed by atoms with Crippen molar-refractivity contribution in [2.24, 2.45) is 0 Å². The Labute approximate surface area is 627 Å². The zero-order valence-electron chi connectivity index (χ0n) is 42.2. The van der Waals surface area contributed by atoms with Crippen molar-refractivity contribution in [1.82, 2.24) is 17.9 Å². The van der Waals surface area contributed by atoms with Gasteiger partial charge in [0.1, 0.15) is 24.8 Å². The van der Waals surface area contributed by atoms with Crippen LogP contribution in [-0.2, 0) is 0 Å². The number of aromatic nitrogens is 4. The molecule has 0 amide bonds. The van der Waals surface area contributed by atoms with Gasteiger partial charge in [-0.05, 0) is 48.5 Å². The first-order valence-corrected chi connectivity index (χ1v) is 25.6. The fraction of sp³-hybridized carbons (Fsp3) is 0.263. The van der Waals surface area contributed by atoms with E-state index in [1.165, 1.54) is 0 Å². The van der Waals surface area contributed by atoms with Gasteiger partial charge in [0.25, 0.3) is 0 Å². The molecule has 0 spiro atoms. The summed E-state index contributed by atoms with van der Waals surface area (Å²) in [6, 6.07) is 23.8. The quantitative estimate of drug-likeness (QED) is 0.110. The zero-order valence-corrected chi connectivity index (χ0v) is 63.8. The summed E-state index contributed by atoms with van der Waals surface area (Å²) < 4.78 is 8.75. The van der Waals surface area contributed by atoms with E-state index >= 15 is 0 Å². The molecule has 0 bridgehead atoms. The molecule has 4 aliphatic heterocycles. The SMILES string of the molecule is C[N+]1(C)/C(=C/[B-](/C=C2\[B-](Cl)(Cl)[n+]3ccccc3[N+]2(C)C)(/C=C2\[B-](Cl)(Cl)[n+]3ccccc3[N+]2(C)C)/C=C2\[B-](Cl)(Cl)[n+]3ccccc3[N+]2(C)C)[B-](Cl)(Cl)[n+]2ccccc21.ClCCl.ClCCl.[Al+3].[Al+3].[Al+3].[Cl-].[Cl-].[Cl-].[Cl-].[Cl-].[Cl-].[Cl-].[Cl-].[Cl-].[Cl-].[Cl-].[Cl-]. The van der Waals surface area contributed by atoms with Crippen LogP contribution in [0, 0.1) is 0 Å². The van der Waals surface area contributed by atoms with Crippen molar-refractivity contribution in [2.75, 3.05) is 67.1 Å². The second-order valence-electron chi connectivity index (χ2n) is 17.9. The van der Waals surface area contributed by atoms with Gasteiger partial charge in [-0.15, -0.1) is 46.4 Å². The standard InChI is InChI=1S/C36H44B5Cl8N8.2CH2Cl2.3Al.12ClH/c1-54(2)29(38(42,43)50-21-13-9-17-33(50)54)25-37(26-30-39(44,45)51-22-14-10-18-34(51)55(30,3)4,27-31-40(46,47)52-23-15-11-19-35(52)56(31,5)6)28-32-41(48,49)53-24-16-12-20-36(53)57(32,7)8;2*2-1-3;;;;;;;;;;;;;;;/h9-28H,1-8H3;2*1H2;;;;12*1H/q+3;;;3*+3;;;;;;;;;;;;/p-12/b29-25+,30-26+,31-27+,32-28+;;;;;;;;;;;;;;;;;. The Kier molecular flexibility index (Phi) is 51.7. The van der Waals surface area contributed by atoms with Crippen molar-refractivity contribution >= 4 is 240 Å². The van der Waals surface area contributed by atoms with Crippen molar-refractivity contribution in [3.63, 3.8) is 0 Å². The maximum Gasteiger partial charge on any atom is 3.00 e. The van der Waals surface area contributed by atoms with Crippen molar-refractivity contribution < 1.29 is 167 Å². The number of nitrogens with zero attached hydrogens (tertiary/aromatic N) is 8. The van der Waals surface area contributed by atoms with Crippen LogP contribution in [0.2, 0.25) is 0 Å². The number of halogens is 24. The summed E-state index contributed by atoms with van der Waals surface area (Å²) >= 11 is 80.2. The van der Waals surface area contributed by atoms with Crippen molar-refractivity contribution in [1.29, 1.82) is 0 Å². The minimum atomic E-state index is -2.42. The summed E-state index contributed by atoms with van der Waals surface area (Å²) in [7, 11) is 16.6. The molecule has 40 heteroatoms. The van der Waals surface area contributed by atoms with Gasteiger partial charge in [-0.2, -0.15) is 0 Å². The minimum absolute atomic E-state index is 0. The van der Waals surface area contributed by atoms with E-state index in [9.17, 15) is 0 Å². The molecule has 0 aliphatic carbocycles. The molecule has 8 nitrogen and oxygen atoms in total. The van der Waals surface area contributed by atoms with Crippen LogP contribution in [0.25, 0.3) is 0 Å². The number of pyridine rings is 4. The van der Waals surface area contributed by atoms with Gasteiger partial charge in [0, 0.05) is 22.4 Å². The molecule has 432 valence electrons. The van der Waals surface area contributed by atoms with Crippen LogP contribution in [0.15, 0.2) is 144 Å². The van der Waals surface area contributed by atoms with E-state index in [0.29, 0.717) is 0 Å². The topological polar surface area (TPSA) is 15.5 Å². The average Bonchev–Trinajstić information content (AvgIpc) is 3.62. The molecule has 0 aromatic carbocycles. The van der Waals surface area contributed by atoms with E-state index in [1.807, 2.05) is 115 Å². The van der Waals surface area contributed by atoms with Crippen molar-refractivity contribution in [2.45, 2.75) is 0 Å². The van der Waals surface area contributed by atoms with E-state index in [-0.39, 0.29) is 230 Å². The van der Waals surface area contributed by atoms with E-state index in [2.05, 4.69) is 80.3 Å². The van der Waals surface area contributed by atoms with Gasteiger partial charge < -0.3 is 167 Å². The third kappa shape index (κ3) is 18.7. The Morgan fingerprint density at radius 2 is 0.474 bits per heavy atom. The summed E-state index contributed by atoms with van der Waals surface area (Å²) in [4.78, 5) is 0. The first-order valence-electron chi connectivity index (χ1n) is 19.9. The predicted molar refractivity (Wildman–Crippen MR) is 301 cm³/mol. The second-order valence-corrected chi connectivity index (χ2v) is 25.5. The van der Waals surface area contributed by atoms with Gasteiger partial charge in [-0.3, -0.25) is 91.7 Å². The summed E-state index contributed by atoms with van der Waals surface area (Å²) in [5.41, 5.74) is 2.93. The maximum atomic E-state index is 7.65. The Morgan fingerprint density at radius 3 is 0.603 bits per heavy atom. The molecule has 0 unspecified atom stereocenters. The van der Waals surface area contributed by atoms with Crippen LogP contribution in [0.1, 0.15) is 0 Å². The van der Waals surface area contributed by atoms with Gasteiger partial charge >= 0.3 is 95.8 Å². The average molecular weight is 1600 g/mol. The third-order valence-corrected chi connectivity index (χ3v) is 16.5. The molecule has 4 aromatic heterocycles. The first-order chi connectivity index (χ1) is 29.1. The molecule has 0 radical (unpaired) electrons. The molecule has 4 aliphatic rings. The maximum absolute atomic E-state index is 7.65. The van der Waals surface area contributed by atoms with Gasteiger partial charge in [0.2, 0.25) is 0 Å². The van der Waals surface area contributed by atoms with Crippen LogP contribution < -0.4 is 185 Å². The van der Waals surface area contributed by atoms with Crippen LogP contribution in [0.4, 0.5) is 23.3 Å². The van der Waals surface area contributed by atoms with Gasteiger partial charge in [-0.1, -0.05) is 0 Å². The summed E-state index contributed by atoms with van der Waals surface area (Å²) in [6.07, 6.45) is 5.29. The molecule has 0 saturated heterocycles. The Morgan fingerprint density at radius 1 is 0.333 bits per heavy atom. The molecular weight excluding hydrogens is 1550 g/mol. The molecule has 0 saturated carbocycles. The Bertz CT molecular complexity index is 2130.